The van der Waals surface area contributed by atoms with Crippen molar-refractivity contribution in [3.63, 3.8) is 0 Å². The highest BCUT2D eigenvalue weighted by Gasteiger charge is 2.35. The van der Waals surface area contributed by atoms with Crippen molar-refractivity contribution in [2.24, 2.45) is 0 Å². The first-order chi connectivity index (χ1) is 9.71. The van der Waals surface area contributed by atoms with Gasteiger partial charge < -0.3 is 15.7 Å². The van der Waals surface area contributed by atoms with Crippen molar-refractivity contribution in [1.82, 2.24) is 0 Å². The molecule has 0 radical (unpaired) electrons. The van der Waals surface area contributed by atoms with E-state index in [9.17, 15) is 10.2 Å². The molecule has 2 aromatic carbocycles. The van der Waals surface area contributed by atoms with Gasteiger partial charge in [-0.2, -0.15) is 0 Å². The number of benzene rings is 2. The summed E-state index contributed by atoms with van der Waals surface area (Å²) in [6.07, 6.45) is 5.99. The van der Waals surface area contributed by atoms with E-state index in [1.807, 2.05) is 24.3 Å². The highest BCUT2D eigenvalue weighted by molar-refractivity contribution is 5.43. The third kappa shape index (κ3) is 2.88. The normalized spacial score (nSPS) is 17.0. The Morgan fingerprint density at radius 1 is 0.619 bits per heavy atom. The number of phenolic OH excluding ortho intramolecular Hbond substituents is 2. The summed E-state index contributed by atoms with van der Waals surface area (Å²) in [6, 6.07) is 15.2. The van der Waals surface area contributed by atoms with Crippen LogP contribution in [0.25, 0.3) is 0 Å². The Morgan fingerprint density at radius 2 is 1.00 bits per heavy atom. The summed E-state index contributed by atoms with van der Waals surface area (Å²) in [5, 5.41) is 19.0. The van der Waals surface area contributed by atoms with Gasteiger partial charge in [0.15, 0.2) is 0 Å². The van der Waals surface area contributed by atoms with E-state index in [-0.39, 0.29) is 10.9 Å². The molecule has 1 fully saturated rings. The molecule has 21 heavy (non-hydrogen) atoms. The number of rotatable bonds is 2. The first-order valence-corrected chi connectivity index (χ1v) is 7.30. The van der Waals surface area contributed by atoms with Gasteiger partial charge in [0.1, 0.15) is 11.5 Å². The number of hydrogen-bond acceptors (Lipinski definition) is 2. The maximum Gasteiger partial charge on any atom is 0.115 e. The van der Waals surface area contributed by atoms with Crippen LogP contribution in [-0.2, 0) is 5.41 Å². The van der Waals surface area contributed by atoms with Crippen LogP contribution >= 0.6 is 0 Å². The van der Waals surface area contributed by atoms with E-state index in [2.05, 4.69) is 0 Å². The van der Waals surface area contributed by atoms with Gasteiger partial charge in [-0.05, 0) is 48.2 Å². The molecule has 4 N–H and O–H groups in total. The van der Waals surface area contributed by atoms with E-state index < -0.39 is 0 Å². The average Bonchev–Trinajstić information content (AvgIpc) is 2.49. The molecule has 2 aromatic rings. The van der Waals surface area contributed by atoms with Crippen LogP contribution < -0.4 is 0 Å². The lowest BCUT2D eigenvalue weighted by Gasteiger charge is -2.38. The molecule has 1 aliphatic rings. The molecular formula is C18H22O3. The van der Waals surface area contributed by atoms with Gasteiger partial charge in [0.25, 0.3) is 0 Å². The SMILES string of the molecule is O.Oc1ccc(C2(c3ccc(O)cc3)CCCCC2)cc1. The van der Waals surface area contributed by atoms with Crippen molar-refractivity contribution >= 4 is 0 Å². The number of aromatic hydroxyl groups is 2. The van der Waals surface area contributed by atoms with Crippen molar-refractivity contribution < 1.29 is 15.7 Å². The lowest BCUT2D eigenvalue weighted by molar-refractivity contribution is 0.345. The molecule has 1 saturated carbocycles. The molecule has 3 rings (SSSR count). The van der Waals surface area contributed by atoms with Crippen LogP contribution in [-0.4, -0.2) is 15.7 Å². The monoisotopic (exact) mass is 286 g/mol. The third-order valence-corrected chi connectivity index (χ3v) is 4.55. The maximum atomic E-state index is 9.51. The highest BCUT2D eigenvalue weighted by atomic mass is 16.3. The summed E-state index contributed by atoms with van der Waals surface area (Å²) in [6.45, 7) is 0. The lowest BCUT2D eigenvalue weighted by atomic mass is 9.65. The van der Waals surface area contributed by atoms with E-state index in [0.29, 0.717) is 11.5 Å². The van der Waals surface area contributed by atoms with Gasteiger partial charge in [-0.3, -0.25) is 0 Å². The van der Waals surface area contributed by atoms with Crippen LogP contribution in [0.3, 0.4) is 0 Å². The Kier molecular flexibility index (Phi) is 4.53. The molecule has 3 nitrogen and oxygen atoms in total. The maximum absolute atomic E-state index is 9.51. The van der Waals surface area contributed by atoms with E-state index in [4.69, 9.17) is 0 Å². The minimum atomic E-state index is 0. The second kappa shape index (κ2) is 6.19. The molecule has 0 bridgehead atoms. The fraction of sp³-hybridized carbons (Fsp3) is 0.333. The first-order valence-electron chi connectivity index (χ1n) is 7.30. The van der Waals surface area contributed by atoms with Crippen LogP contribution in [0.4, 0.5) is 0 Å². The molecule has 0 aromatic heterocycles. The third-order valence-electron chi connectivity index (χ3n) is 4.55. The largest absolute Gasteiger partial charge is 0.508 e. The van der Waals surface area contributed by atoms with Crippen molar-refractivity contribution in [3.05, 3.63) is 59.7 Å². The predicted octanol–water partition coefficient (Wildman–Crippen LogP) is 3.52. The standard InChI is InChI=1S/C18H20O2.H2O/c19-16-8-4-14(5-9-16)18(12-2-1-3-13-18)15-6-10-17(20)11-7-15;/h4-11,19-20H,1-3,12-13H2;1H2. The molecule has 0 aliphatic heterocycles. The van der Waals surface area contributed by atoms with Gasteiger partial charge in [0, 0.05) is 5.41 Å². The molecule has 3 heteroatoms. The number of hydrogen-bond donors (Lipinski definition) is 2. The first kappa shape index (κ1) is 15.4. The van der Waals surface area contributed by atoms with Crippen molar-refractivity contribution in [3.8, 4) is 11.5 Å². The Balaban J connectivity index is 0.00000161. The fourth-order valence-electron chi connectivity index (χ4n) is 3.46. The molecule has 0 spiro atoms. The zero-order valence-corrected chi connectivity index (χ0v) is 12.0. The van der Waals surface area contributed by atoms with E-state index in [1.54, 1.807) is 24.3 Å². The summed E-state index contributed by atoms with van der Waals surface area (Å²) < 4.78 is 0. The summed E-state index contributed by atoms with van der Waals surface area (Å²) >= 11 is 0. The van der Waals surface area contributed by atoms with Gasteiger partial charge in [-0.1, -0.05) is 43.5 Å². The van der Waals surface area contributed by atoms with Crippen molar-refractivity contribution in [2.75, 3.05) is 0 Å². The quantitative estimate of drug-likeness (QED) is 0.886. The van der Waals surface area contributed by atoms with E-state index in [1.165, 1.54) is 30.4 Å². The molecule has 0 amide bonds. The Labute approximate surface area is 125 Å². The molecule has 0 saturated heterocycles. The van der Waals surface area contributed by atoms with Crippen LogP contribution in [0.2, 0.25) is 0 Å². The summed E-state index contributed by atoms with van der Waals surface area (Å²) in [5.74, 6) is 0.621. The van der Waals surface area contributed by atoms with Gasteiger partial charge in [0.2, 0.25) is 0 Å². The molecular weight excluding hydrogens is 264 g/mol. The van der Waals surface area contributed by atoms with Gasteiger partial charge in [-0.15, -0.1) is 0 Å². The summed E-state index contributed by atoms with van der Waals surface area (Å²) in [7, 11) is 0. The van der Waals surface area contributed by atoms with Crippen LogP contribution in [0, 0.1) is 0 Å². The highest BCUT2D eigenvalue weighted by Crippen LogP contribution is 2.45. The van der Waals surface area contributed by atoms with E-state index in [0.717, 1.165) is 12.8 Å². The second-order valence-electron chi connectivity index (χ2n) is 5.74. The van der Waals surface area contributed by atoms with Crippen molar-refractivity contribution in [2.45, 2.75) is 37.5 Å². The van der Waals surface area contributed by atoms with Crippen LogP contribution in [0.1, 0.15) is 43.2 Å². The summed E-state index contributed by atoms with van der Waals surface area (Å²) in [5.41, 5.74) is 2.56. The topological polar surface area (TPSA) is 72.0 Å². The second-order valence-corrected chi connectivity index (χ2v) is 5.74. The molecule has 0 atom stereocenters. The molecule has 112 valence electrons. The Morgan fingerprint density at radius 3 is 1.38 bits per heavy atom. The van der Waals surface area contributed by atoms with Crippen molar-refractivity contribution in [1.29, 1.82) is 0 Å². The molecule has 0 unspecified atom stereocenters. The fourth-order valence-corrected chi connectivity index (χ4v) is 3.46. The molecule has 1 aliphatic carbocycles. The van der Waals surface area contributed by atoms with E-state index >= 15 is 0 Å². The Hall–Kier alpha value is -2.00. The van der Waals surface area contributed by atoms with Gasteiger partial charge >= 0.3 is 0 Å². The minimum absolute atomic E-state index is 0. The Bertz CT molecular complexity index is 519. The van der Waals surface area contributed by atoms with Crippen LogP contribution in [0.5, 0.6) is 11.5 Å². The smallest absolute Gasteiger partial charge is 0.115 e. The minimum Gasteiger partial charge on any atom is -0.508 e. The lowest BCUT2D eigenvalue weighted by Crippen LogP contribution is -2.30. The zero-order chi connectivity index (χ0) is 14.0. The number of phenols is 2. The van der Waals surface area contributed by atoms with Gasteiger partial charge in [0.05, 0.1) is 0 Å². The predicted molar refractivity (Wildman–Crippen MR) is 83.7 cm³/mol. The average molecular weight is 286 g/mol. The molecule has 0 heterocycles. The van der Waals surface area contributed by atoms with Gasteiger partial charge in [-0.25, -0.2) is 0 Å². The summed E-state index contributed by atoms with van der Waals surface area (Å²) in [4.78, 5) is 0. The zero-order valence-electron chi connectivity index (χ0n) is 12.0. The van der Waals surface area contributed by atoms with Crippen LogP contribution in [0.15, 0.2) is 48.5 Å².